The van der Waals surface area contributed by atoms with Crippen molar-refractivity contribution in [3.05, 3.63) is 23.9 Å². The van der Waals surface area contributed by atoms with Crippen molar-refractivity contribution in [2.45, 2.75) is 57.2 Å². The van der Waals surface area contributed by atoms with Crippen LogP contribution in [0.2, 0.25) is 0 Å². The van der Waals surface area contributed by atoms with Gasteiger partial charge in [-0.1, -0.05) is 6.92 Å². The Balaban J connectivity index is 1.67. The lowest BCUT2D eigenvalue weighted by molar-refractivity contribution is 0.0476. The summed E-state index contributed by atoms with van der Waals surface area (Å²) in [7, 11) is 0. The molecule has 5 heteroatoms. The molecule has 1 N–H and O–H groups in total. The number of nitrogens with zero attached hydrogens (tertiary/aromatic N) is 2. The first kappa shape index (κ1) is 13.2. The molecule has 3 rings (SSSR count). The van der Waals surface area contributed by atoms with Crippen LogP contribution >= 0.6 is 0 Å². The standard InChI is InChI=1S/C15H20N2O3/c1-2-10-5-6-16-14(7-10)20-13-8-11-3-4-12(9-13)17(11)15(18)19/h5-7,11-13H,2-4,8-9H2,1H3,(H,18,19)/t11-,12+,13+. The maximum Gasteiger partial charge on any atom is 0.407 e. The molecule has 2 saturated heterocycles. The molecule has 2 aliphatic rings. The molecule has 0 radical (unpaired) electrons. The molecule has 3 atom stereocenters. The summed E-state index contributed by atoms with van der Waals surface area (Å²) < 4.78 is 5.98. The van der Waals surface area contributed by atoms with Gasteiger partial charge in [-0.3, -0.25) is 0 Å². The van der Waals surface area contributed by atoms with Crippen LogP contribution in [-0.2, 0) is 6.42 Å². The van der Waals surface area contributed by atoms with Crippen LogP contribution in [0, 0.1) is 0 Å². The highest BCUT2D eigenvalue weighted by Crippen LogP contribution is 2.37. The van der Waals surface area contributed by atoms with E-state index in [4.69, 9.17) is 4.74 Å². The van der Waals surface area contributed by atoms with Gasteiger partial charge in [0.2, 0.25) is 5.88 Å². The zero-order chi connectivity index (χ0) is 14.1. The van der Waals surface area contributed by atoms with Gasteiger partial charge < -0.3 is 14.7 Å². The minimum Gasteiger partial charge on any atom is -0.474 e. The monoisotopic (exact) mass is 276 g/mol. The quantitative estimate of drug-likeness (QED) is 0.922. The Morgan fingerprint density at radius 3 is 2.75 bits per heavy atom. The number of hydrogen-bond donors (Lipinski definition) is 1. The van der Waals surface area contributed by atoms with Crippen molar-refractivity contribution in [2.75, 3.05) is 0 Å². The van der Waals surface area contributed by atoms with E-state index >= 15 is 0 Å². The van der Waals surface area contributed by atoms with Gasteiger partial charge in [0, 0.05) is 37.2 Å². The predicted molar refractivity (Wildman–Crippen MR) is 73.9 cm³/mol. The molecule has 0 saturated carbocycles. The number of fused-ring (bicyclic) bond motifs is 2. The molecule has 3 heterocycles. The van der Waals surface area contributed by atoms with Gasteiger partial charge in [-0.2, -0.15) is 0 Å². The molecule has 1 amide bonds. The van der Waals surface area contributed by atoms with Gasteiger partial charge in [-0.25, -0.2) is 9.78 Å². The molecular formula is C15H20N2O3. The van der Waals surface area contributed by atoms with Gasteiger partial charge in [-0.15, -0.1) is 0 Å². The van der Waals surface area contributed by atoms with Gasteiger partial charge in [0.15, 0.2) is 0 Å². The van der Waals surface area contributed by atoms with E-state index in [9.17, 15) is 9.90 Å². The van der Waals surface area contributed by atoms with Gasteiger partial charge in [0.25, 0.3) is 0 Å². The first-order valence-electron chi connectivity index (χ1n) is 7.30. The lowest BCUT2D eigenvalue weighted by Gasteiger charge is -2.36. The highest BCUT2D eigenvalue weighted by Gasteiger charge is 2.44. The Bertz CT molecular complexity index is 492. The van der Waals surface area contributed by atoms with Crippen LogP contribution in [0.15, 0.2) is 18.3 Å². The number of piperidine rings is 1. The van der Waals surface area contributed by atoms with E-state index in [0.717, 1.165) is 32.1 Å². The number of pyridine rings is 1. The third-order valence-electron chi connectivity index (χ3n) is 4.41. The summed E-state index contributed by atoms with van der Waals surface area (Å²) in [6, 6.07) is 4.20. The molecular weight excluding hydrogens is 256 g/mol. The molecule has 1 aromatic rings. The number of hydrogen-bond acceptors (Lipinski definition) is 3. The second-order valence-corrected chi connectivity index (χ2v) is 5.64. The van der Waals surface area contributed by atoms with Gasteiger partial charge >= 0.3 is 6.09 Å². The summed E-state index contributed by atoms with van der Waals surface area (Å²) in [5, 5.41) is 9.24. The van der Waals surface area contributed by atoms with E-state index in [1.54, 1.807) is 11.1 Å². The van der Waals surface area contributed by atoms with Crippen molar-refractivity contribution in [2.24, 2.45) is 0 Å². The predicted octanol–water partition coefficient (Wildman–Crippen LogP) is 2.70. The van der Waals surface area contributed by atoms with Gasteiger partial charge in [0.05, 0.1) is 0 Å². The number of amides is 1. The average molecular weight is 276 g/mol. The highest BCUT2D eigenvalue weighted by molar-refractivity contribution is 5.66. The minimum absolute atomic E-state index is 0.0858. The second kappa shape index (κ2) is 5.31. The molecule has 20 heavy (non-hydrogen) atoms. The Hall–Kier alpha value is -1.78. The summed E-state index contributed by atoms with van der Waals surface area (Å²) in [5.41, 5.74) is 1.21. The maximum absolute atomic E-state index is 11.2. The van der Waals surface area contributed by atoms with E-state index < -0.39 is 6.09 Å². The van der Waals surface area contributed by atoms with Gasteiger partial charge in [0.1, 0.15) is 6.10 Å². The van der Waals surface area contributed by atoms with Crippen molar-refractivity contribution < 1.29 is 14.6 Å². The molecule has 108 valence electrons. The molecule has 1 aromatic heterocycles. The van der Waals surface area contributed by atoms with Crippen LogP contribution in [0.3, 0.4) is 0 Å². The SMILES string of the molecule is CCc1ccnc(O[C@H]2C[C@H]3CC[C@@H](C2)N3C(=O)O)c1. The van der Waals surface area contributed by atoms with E-state index in [1.807, 2.05) is 12.1 Å². The third kappa shape index (κ3) is 2.44. The molecule has 2 fully saturated rings. The molecule has 0 spiro atoms. The fourth-order valence-corrected chi connectivity index (χ4v) is 3.44. The summed E-state index contributed by atoms with van der Waals surface area (Å²) in [5.74, 6) is 0.664. The van der Waals surface area contributed by atoms with Crippen LogP contribution in [-0.4, -0.2) is 39.3 Å². The Morgan fingerprint density at radius 2 is 2.15 bits per heavy atom. The summed E-state index contributed by atoms with van der Waals surface area (Å²) in [6.07, 6.45) is 5.50. The zero-order valence-electron chi connectivity index (χ0n) is 11.7. The number of aromatic nitrogens is 1. The molecule has 2 bridgehead atoms. The van der Waals surface area contributed by atoms with Crippen molar-refractivity contribution in [1.82, 2.24) is 9.88 Å². The average Bonchev–Trinajstić information content (AvgIpc) is 2.71. The fourth-order valence-electron chi connectivity index (χ4n) is 3.44. The van der Waals surface area contributed by atoms with Crippen LogP contribution in [0.4, 0.5) is 4.79 Å². The Morgan fingerprint density at radius 1 is 1.45 bits per heavy atom. The first-order chi connectivity index (χ1) is 9.67. The first-order valence-corrected chi connectivity index (χ1v) is 7.30. The number of ether oxygens (including phenoxy) is 1. The summed E-state index contributed by atoms with van der Waals surface area (Å²) in [4.78, 5) is 17.1. The largest absolute Gasteiger partial charge is 0.474 e. The number of aryl methyl sites for hydroxylation is 1. The van der Waals surface area contributed by atoms with Crippen LogP contribution in [0.25, 0.3) is 0 Å². The van der Waals surface area contributed by atoms with Crippen molar-refractivity contribution in [3.63, 3.8) is 0 Å². The van der Waals surface area contributed by atoms with Crippen molar-refractivity contribution in [3.8, 4) is 5.88 Å². The second-order valence-electron chi connectivity index (χ2n) is 5.64. The van der Waals surface area contributed by atoms with Crippen molar-refractivity contribution >= 4 is 6.09 Å². The normalized spacial score (nSPS) is 28.4. The van der Waals surface area contributed by atoms with Crippen LogP contribution < -0.4 is 4.74 Å². The Labute approximate surface area is 118 Å². The van der Waals surface area contributed by atoms with Crippen LogP contribution in [0.1, 0.15) is 38.2 Å². The number of rotatable bonds is 3. The topological polar surface area (TPSA) is 62.7 Å². The molecule has 0 aromatic carbocycles. The van der Waals surface area contributed by atoms with Crippen LogP contribution in [0.5, 0.6) is 5.88 Å². The molecule has 0 aliphatic carbocycles. The lowest BCUT2D eigenvalue weighted by Crippen LogP contribution is -2.48. The van der Waals surface area contributed by atoms with E-state index in [1.165, 1.54) is 5.56 Å². The minimum atomic E-state index is -0.790. The van der Waals surface area contributed by atoms with Gasteiger partial charge in [-0.05, 0) is 30.9 Å². The highest BCUT2D eigenvalue weighted by atomic mass is 16.5. The zero-order valence-corrected chi connectivity index (χ0v) is 11.7. The maximum atomic E-state index is 11.2. The third-order valence-corrected chi connectivity index (χ3v) is 4.41. The summed E-state index contributed by atoms with van der Waals surface area (Å²) in [6.45, 7) is 2.10. The van der Waals surface area contributed by atoms with E-state index in [2.05, 4.69) is 11.9 Å². The fraction of sp³-hybridized carbons (Fsp3) is 0.600. The molecule has 0 unspecified atom stereocenters. The lowest BCUT2D eigenvalue weighted by atomic mass is 10.0. The van der Waals surface area contributed by atoms with E-state index in [-0.39, 0.29) is 18.2 Å². The molecule has 5 nitrogen and oxygen atoms in total. The Kier molecular flexibility index (Phi) is 3.51. The smallest absolute Gasteiger partial charge is 0.407 e. The van der Waals surface area contributed by atoms with Crippen molar-refractivity contribution in [1.29, 1.82) is 0 Å². The number of carboxylic acid groups (broad SMARTS) is 1. The number of carbonyl (C=O) groups is 1. The summed E-state index contributed by atoms with van der Waals surface area (Å²) >= 11 is 0. The molecule has 2 aliphatic heterocycles. The van der Waals surface area contributed by atoms with E-state index in [0.29, 0.717) is 5.88 Å².